The summed E-state index contributed by atoms with van der Waals surface area (Å²) in [6.45, 7) is 1.90. The van der Waals surface area contributed by atoms with E-state index in [9.17, 15) is 13.9 Å². The first-order valence-electron chi connectivity index (χ1n) is 5.24. The Kier molecular flexibility index (Phi) is 4.31. The minimum atomic E-state index is -0.943. The van der Waals surface area contributed by atoms with E-state index in [4.69, 9.17) is 0 Å². The number of nitrogens with zero attached hydrogens (tertiary/aromatic N) is 1. The molecule has 0 saturated carbocycles. The predicted molar refractivity (Wildman–Crippen MR) is 68.9 cm³/mol. The van der Waals surface area contributed by atoms with Gasteiger partial charge in [0.2, 0.25) is 0 Å². The highest BCUT2D eigenvalue weighted by molar-refractivity contribution is 8.01. The average molecular weight is 287 g/mol. The van der Waals surface area contributed by atoms with Crippen molar-refractivity contribution in [3.05, 3.63) is 46.5 Å². The van der Waals surface area contributed by atoms with Crippen LogP contribution in [0.2, 0.25) is 0 Å². The molecule has 1 atom stereocenters. The van der Waals surface area contributed by atoms with Gasteiger partial charge in [0.15, 0.2) is 11.6 Å². The van der Waals surface area contributed by atoms with Crippen LogP contribution in [0.4, 0.5) is 8.78 Å². The lowest BCUT2D eigenvalue weighted by Gasteiger charge is -2.09. The maximum Gasteiger partial charge on any atom is 0.159 e. The van der Waals surface area contributed by atoms with Crippen molar-refractivity contribution in [3.63, 3.8) is 0 Å². The summed E-state index contributed by atoms with van der Waals surface area (Å²) in [6, 6.07) is 3.43. The smallest absolute Gasteiger partial charge is 0.159 e. The molecule has 0 spiro atoms. The number of hydrogen-bond donors (Lipinski definition) is 1. The second kappa shape index (κ2) is 5.77. The molecule has 0 radical (unpaired) electrons. The van der Waals surface area contributed by atoms with Gasteiger partial charge in [0.05, 0.1) is 6.10 Å². The van der Waals surface area contributed by atoms with Gasteiger partial charge in [0.1, 0.15) is 4.34 Å². The molecule has 0 saturated heterocycles. The zero-order valence-electron chi connectivity index (χ0n) is 9.56. The summed E-state index contributed by atoms with van der Waals surface area (Å²) in [5, 5.41) is 11.8. The van der Waals surface area contributed by atoms with Gasteiger partial charge in [-0.2, -0.15) is 0 Å². The average Bonchev–Trinajstić information content (AvgIpc) is 2.75. The topological polar surface area (TPSA) is 33.1 Å². The maximum atomic E-state index is 13.0. The molecule has 1 heterocycles. The molecule has 18 heavy (non-hydrogen) atoms. The Bertz CT molecular complexity index is 545. The van der Waals surface area contributed by atoms with Crippen molar-refractivity contribution in [3.8, 4) is 0 Å². The molecule has 96 valence electrons. The molecule has 0 aliphatic heterocycles. The summed E-state index contributed by atoms with van der Waals surface area (Å²) in [6.07, 6.45) is -0.839. The van der Waals surface area contributed by atoms with Crippen LogP contribution in [0.3, 0.4) is 0 Å². The van der Waals surface area contributed by atoms with Crippen LogP contribution in [0, 0.1) is 18.6 Å². The van der Waals surface area contributed by atoms with Gasteiger partial charge >= 0.3 is 0 Å². The van der Waals surface area contributed by atoms with E-state index in [0.29, 0.717) is 11.3 Å². The summed E-state index contributed by atoms with van der Waals surface area (Å²) < 4.78 is 26.6. The maximum absolute atomic E-state index is 13.0. The Morgan fingerprint density at radius 2 is 2.17 bits per heavy atom. The zero-order chi connectivity index (χ0) is 13.1. The first kappa shape index (κ1) is 13.5. The number of aromatic nitrogens is 1. The molecule has 2 aromatic rings. The largest absolute Gasteiger partial charge is 0.388 e. The van der Waals surface area contributed by atoms with Crippen LogP contribution in [0.5, 0.6) is 0 Å². The Morgan fingerprint density at radius 3 is 2.78 bits per heavy atom. The second-order valence-electron chi connectivity index (χ2n) is 3.76. The summed E-state index contributed by atoms with van der Waals surface area (Å²) in [7, 11) is 0. The molecule has 2 rings (SSSR count). The van der Waals surface area contributed by atoms with Gasteiger partial charge in [-0.1, -0.05) is 17.8 Å². The first-order valence-corrected chi connectivity index (χ1v) is 7.10. The lowest BCUT2D eigenvalue weighted by Crippen LogP contribution is -2.01. The van der Waals surface area contributed by atoms with Crippen molar-refractivity contribution in [1.29, 1.82) is 0 Å². The third-order valence-corrected chi connectivity index (χ3v) is 4.51. The highest BCUT2D eigenvalue weighted by Crippen LogP contribution is 2.27. The van der Waals surface area contributed by atoms with Crippen LogP contribution in [-0.2, 0) is 0 Å². The van der Waals surface area contributed by atoms with Gasteiger partial charge in [0, 0.05) is 16.8 Å². The molecule has 0 aliphatic carbocycles. The van der Waals surface area contributed by atoms with Crippen LogP contribution in [0.1, 0.15) is 17.4 Å². The number of hydrogen-bond acceptors (Lipinski definition) is 4. The third-order valence-electron chi connectivity index (χ3n) is 2.29. The quantitative estimate of drug-likeness (QED) is 0.873. The number of aliphatic hydroxyl groups excluding tert-OH is 1. The molecule has 1 aromatic heterocycles. The third kappa shape index (κ3) is 3.28. The van der Waals surface area contributed by atoms with E-state index in [0.717, 1.165) is 22.2 Å². The summed E-state index contributed by atoms with van der Waals surface area (Å²) in [4.78, 5) is 4.24. The van der Waals surface area contributed by atoms with E-state index >= 15 is 0 Å². The van der Waals surface area contributed by atoms with Crippen molar-refractivity contribution < 1.29 is 13.9 Å². The van der Waals surface area contributed by atoms with Crippen LogP contribution in [-0.4, -0.2) is 15.8 Å². The van der Waals surface area contributed by atoms with Crippen molar-refractivity contribution >= 4 is 23.1 Å². The van der Waals surface area contributed by atoms with Crippen molar-refractivity contribution in [2.24, 2.45) is 0 Å². The molecule has 0 aliphatic rings. The van der Waals surface area contributed by atoms with Crippen LogP contribution in [0.15, 0.2) is 27.9 Å². The Morgan fingerprint density at radius 1 is 1.39 bits per heavy atom. The molecule has 0 fully saturated rings. The van der Waals surface area contributed by atoms with E-state index in [1.165, 1.54) is 29.2 Å². The van der Waals surface area contributed by atoms with E-state index in [-0.39, 0.29) is 0 Å². The van der Waals surface area contributed by atoms with Crippen LogP contribution < -0.4 is 0 Å². The van der Waals surface area contributed by atoms with E-state index in [1.807, 2.05) is 12.3 Å². The summed E-state index contributed by atoms with van der Waals surface area (Å²) in [5.74, 6) is -1.49. The normalized spacial score (nSPS) is 12.7. The van der Waals surface area contributed by atoms with Gasteiger partial charge in [-0.15, -0.1) is 11.3 Å². The number of aliphatic hydroxyl groups is 1. The Labute approximate surface area is 112 Å². The van der Waals surface area contributed by atoms with Gasteiger partial charge in [-0.3, -0.25) is 0 Å². The minimum absolute atomic E-state index is 0.359. The highest BCUT2D eigenvalue weighted by atomic mass is 32.2. The van der Waals surface area contributed by atoms with Crippen molar-refractivity contribution in [2.45, 2.75) is 17.4 Å². The Hall–Kier alpha value is -0.980. The lowest BCUT2D eigenvalue weighted by atomic mass is 10.1. The molecule has 1 unspecified atom stereocenters. The molecule has 6 heteroatoms. The SMILES string of the molecule is Cc1csc(SCC(O)c2ccc(F)c(F)c2)n1. The van der Waals surface area contributed by atoms with Crippen LogP contribution >= 0.6 is 23.1 Å². The van der Waals surface area contributed by atoms with Gasteiger partial charge in [0.25, 0.3) is 0 Å². The zero-order valence-corrected chi connectivity index (χ0v) is 11.2. The molecular formula is C12H11F2NOS2. The number of halogens is 2. The van der Waals surface area contributed by atoms with Gasteiger partial charge in [-0.25, -0.2) is 13.8 Å². The Balaban J connectivity index is 1.99. The standard InChI is InChI=1S/C12H11F2NOS2/c1-7-5-17-12(15-7)18-6-11(16)8-2-3-9(13)10(14)4-8/h2-5,11,16H,6H2,1H3. The van der Waals surface area contributed by atoms with Crippen molar-refractivity contribution in [2.75, 3.05) is 5.75 Å². The number of aryl methyl sites for hydroxylation is 1. The van der Waals surface area contributed by atoms with Gasteiger partial charge < -0.3 is 5.11 Å². The first-order chi connectivity index (χ1) is 8.56. The number of thiazole rings is 1. The molecule has 0 bridgehead atoms. The molecular weight excluding hydrogens is 276 g/mol. The number of rotatable bonds is 4. The predicted octanol–water partition coefficient (Wildman–Crippen LogP) is 3.56. The summed E-state index contributed by atoms with van der Waals surface area (Å²) >= 11 is 2.89. The lowest BCUT2D eigenvalue weighted by molar-refractivity contribution is 0.203. The van der Waals surface area contributed by atoms with E-state index in [1.54, 1.807) is 0 Å². The fourth-order valence-corrected chi connectivity index (χ4v) is 3.21. The van der Waals surface area contributed by atoms with Crippen molar-refractivity contribution in [1.82, 2.24) is 4.98 Å². The fraction of sp³-hybridized carbons (Fsp3) is 0.250. The van der Waals surface area contributed by atoms with E-state index in [2.05, 4.69) is 4.98 Å². The fourth-order valence-electron chi connectivity index (χ4n) is 1.36. The number of thioether (sulfide) groups is 1. The van der Waals surface area contributed by atoms with Gasteiger partial charge in [-0.05, 0) is 24.6 Å². The molecule has 0 amide bonds. The summed E-state index contributed by atoms with van der Waals surface area (Å²) in [5.41, 5.74) is 1.31. The molecule has 1 aromatic carbocycles. The second-order valence-corrected chi connectivity index (χ2v) is 5.88. The van der Waals surface area contributed by atoms with Crippen LogP contribution in [0.25, 0.3) is 0 Å². The minimum Gasteiger partial charge on any atom is -0.388 e. The van der Waals surface area contributed by atoms with E-state index < -0.39 is 17.7 Å². The molecule has 1 N–H and O–H groups in total. The number of benzene rings is 1. The molecule has 2 nitrogen and oxygen atoms in total. The highest BCUT2D eigenvalue weighted by Gasteiger charge is 2.12. The monoisotopic (exact) mass is 287 g/mol.